The minimum absolute atomic E-state index is 0.222. The number of ether oxygens (including phenoxy) is 3. The van der Waals surface area contributed by atoms with Crippen LogP contribution in [0.2, 0.25) is 0 Å². The van der Waals surface area contributed by atoms with E-state index in [-0.39, 0.29) is 11.5 Å². The third-order valence-corrected chi connectivity index (χ3v) is 3.62. The summed E-state index contributed by atoms with van der Waals surface area (Å²) in [5, 5.41) is 2.79. The lowest BCUT2D eigenvalue weighted by Crippen LogP contribution is -2.41. The molecule has 2 rings (SSSR count). The quantitative estimate of drug-likeness (QED) is 0.506. The molecule has 26 heavy (non-hydrogen) atoms. The van der Waals surface area contributed by atoms with Crippen molar-refractivity contribution in [2.75, 3.05) is 12.4 Å². The van der Waals surface area contributed by atoms with Crippen LogP contribution >= 0.6 is 0 Å². The molecule has 7 nitrogen and oxygen atoms in total. The molecule has 0 unspecified atom stereocenters. The molecule has 0 bridgehead atoms. The summed E-state index contributed by atoms with van der Waals surface area (Å²) in [7, 11) is 1.45. The number of cyclic esters (lactones) is 2. The van der Waals surface area contributed by atoms with Crippen LogP contribution in [-0.4, -0.2) is 30.7 Å². The molecule has 1 heterocycles. The number of hydrogen-bond acceptors (Lipinski definition) is 6. The van der Waals surface area contributed by atoms with Gasteiger partial charge >= 0.3 is 11.9 Å². The van der Waals surface area contributed by atoms with Gasteiger partial charge in [0.2, 0.25) is 5.91 Å². The molecule has 1 amide bonds. The zero-order valence-electron chi connectivity index (χ0n) is 15.8. The largest absolute Gasteiger partial charge is 0.496 e. The lowest BCUT2D eigenvalue weighted by molar-refractivity contribution is -0.222. The number of nitrogens with one attached hydrogen (secondary N) is 1. The summed E-state index contributed by atoms with van der Waals surface area (Å²) in [6.45, 7) is 8.27. The van der Waals surface area contributed by atoms with E-state index >= 15 is 0 Å². The topological polar surface area (TPSA) is 90.9 Å². The molecule has 0 aliphatic carbocycles. The highest BCUT2D eigenvalue weighted by Crippen LogP contribution is 2.32. The molecular formula is C19H23NO6. The number of methoxy groups -OCH3 is 1. The SMILES string of the molecule is COc1cccc(NC(=O)C(C)(C)C)c1C=C1C(=O)OC(C)(C)OC1=O. The van der Waals surface area contributed by atoms with Crippen LogP contribution in [0.4, 0.5) is 5.69 Å². The maximum absolute atomic E-state index is 12.3. The minimum atomic E-state index is -1.32. The smallest absolute Gasteiger partial charge is 0.348 e. The second-order valence-electron chi connectivity index (χ2n) is 7.36. The molecule has 1 aliphatic heterocycles. The van der Waals surface area contributed by atoms with Crippen molar-refractivity contribution in [3.8, 4) is 5.75 Å². The molecule has 0 saturated carbocycles. The predicted molar refractivity (Wildman–Crippen MR) is 95.3 cm³/mol. The second-order valence-corrected chi connectivity index (χ2v) is 7.36. The van der Waals surface area contributed by atoms with Crippen LogP contribution in [-0.2, 0) is 23.9 Å². The summed E-state index contributed by atoms with van der Waals surface area (Å²) in [5.74, 6) is -2.76. The molecule has 0 atom stereocenters. The van der Waals surface area contributed by atoms with Gasteiger partial charge in [-0.25, -0.2) is 9.59 Å². The van der Waals surface area contributed by atoms with Gasteiger partial charge in [-0.05, 0) is 18.2 Å². The van der Waals surface area contributed by atoms with E-state index < -0.39 is 23.1 Å². The van der Waals surface area contributed by atoms with Gasteiger partial charge in [-0.15, -0.1) is 0 Å². The number of esters is 2. The molecule has 1 aromatic carbocycles. The Morgan fingerprint density at radius 2 is 1.73 bits per heavy atom. The van der Waals surface area contributed by atoms with Crippen molar-refractivity contribution < 1.29 is 28.6 Å². The van der Waals surface area contributed by atoms with Gasteiger partial charge in [0.15, 0.2) is 0 Å². The minimum Gasteiger partial charge on any atom is -0.496 e. The van der Waals surface area contributed by atoms with Crippen molar-refractivity contribution in [1.82, 2.24) is 0 Å². The van der Waals surface area contributed by atoms with Crippen molar-refractivity contribution in [3.05, 3.63) is 29.3 Å². The molecule has 140 valence electrons. The van der Waals surface area contributed by atoms with Gasteiger partial charge in [0, 0.05) is 24.8 Å². The zero-order valence-corrected chi connectivity index (χ0v) is 15.8. The zero-order chi connectivity index (χ0) is 19.7. The van der Waals surface area contributed by atoms with Crippen LogP contribution < -0.4 is 10.1 Å². The highest BCUT2D eigenvalue weighted by molar-refractivity contribution is 6.19. The summed E-state index contributed by atoms with van der Waals surface area (Å²) in [4.78, 5) is 36.7. The van der Waals surface area contributed by atoms with Crippen LogP contribution in [0.25, 0.3) is 6.08 Å². The van der Waals surface area contributed by atoms with Crippen LogP contribution in [0.15, 0.2) is 23.8 Å². The fraction of sp³-hybridized carbons (Fsp3) is 0.421. The monoisotopic (exact) mass is 361 g/mol. The Morgan fingerprint density at radius 1 is 1.15 bits per heavy atom. The highest BCUT2D eigenvalue weighted by atomic mass is 16.7. The fourth-order valence-corrected chi connectivity index (χ4v) is 2.21. The summed E-state index contributed by atoms with van der Waals surface area (Å²) < 4.78 is 15.5. The van der Waals surface area contributed by atoms with Gasteiger partial charge in [0.05, 0.1) is 12.8 Å². The average molecular weight is 361 g/mol. The maximum Gasteiger partial charge on any atom is 0.348 e. The Morgan fingerprint density at radius 3 is 2.23 bits per heavy atom. The van der Waals surface area contributed by atoms with Gasteiger partial charge < -0.3 is 19.5 Å². The number of rotatable bonds is 3. The van der Waals surface area contributed by atoms with Crippen LogP contribution in [0.1, 0.15) is 40.2 Å². The molecule has 1 N–H and O–H groups in total. The Kier molecular flexibility index (Phi) is 5.11. The van der Waals surface area contributed by atoms with Crippen molar-refractivity contribution in [2.45, 2.75) is 40.4 Å². The number of amides is 1. The first-order valence-corrected chi connectivity index (χ1v) is 8.11. The molecule has 1 aromatic rings. The van der Waals surface area contributed by atoms with Gasteiger partial charge in [-0.1, -0.05) is 26.8 Å². The molecular weight excluding hydrogens is 338 g/mol. The summed E-state index contributed by atoms with van der Waals surface area (Å²) in [6.07, 6.45) is 1.30. The van der Waals surface area contributed by atoms with E-state index in [1.165, 1.54) is 27.0 Å². The van der Waals surface area contributed by atoms with E-state index in [1.54, 1.807) is 39.0 Å². The molecule has 0 spiro atoms. The molecule has 1 saturated heterocycles. The van der Waals surface area contributed by atoms with E-state index in [0.29, 0.717) is 17.0 Å². The summed E-state index contributed by atoms with van der Waals surface area (Å²) in [6, 6.07) is 5.00. The van der Waals surface area contributed by atoms with Crippen molar-refractivity contribution in [3.63, 3.8) is 0 Å². The molecule has 7 heteroatoms. The Bertz CT molecular complexity index is 764. The predicted octanol–water partition coefficient (Wildman–Crippen LogP) is 2.90. The number of hydrogen-bond donors (Lipinski definition) is 1. The van der Waals surface area contributed by atoms with Crippen molar-refractivity contribution in [2.24, 2.45) is 5.41 Å². The van der Waals surface area contributed by atoms with Gasteiger partial charge in [0.25, 0.3) is 5.79 Å². The van der Waals surface area contributed by atoms with Gasteiger partial charge in [0.1, 0.15) is 11.3 Å². The van der Waals surface area contributed by atoms with Crippen molar-refractivity contribution >= 4 is 29.6 Å². The number of carbonyl (C=O) groups excluding carboxylic acids is 3. The first-order valence-electron chi connectivity index (χ1n) is 8.11. The summed E-state index contributed by atoms with van der Waals surface area (Å²) >= 11 is 0. The molecule has 0 radical (unpaired) electrons. The Balaban J connectivity index is 2.50. The Labute approximate surface area is 152 Å². The number of anilines is 1. The van der Waals surface area contributed by atoms with E-state index in [2.05, 4.69) is 5.32 Å². The lowest BCUT2D eigenvalue weighted by Gasteiger charge is -2.30. The third-order valence-electron chi connectivity index (χ3n) is 3.62. The van der Waals surface area contributed by atoms with E-state index in [4.69, 9.17) is 14.2 Å². The first kappa shape index (κ1) is 19.5. The van der Waals surface area contributed by atoms with Crippen LogP contribution in [0.5, 0.6) is 5.75 Å². The van der Waals surface area contributed by atoms with E-state index in [0.717, 1.165) is 0 Å². The van der Waals surface area contributed by atoms with E-state index in [1.807, 2.05) is 0 Å². The summed E-state index contributed by atoms with van der Waals surface area (Å²) in [5.41, 5.74) is -0.126. The van der Waals surface area contributed by atoms with Gasteiger partial charge in [-0.3, -0.25) is 4.79 Å². The molecule has 1 aliphatic rings. The lowest BCUT2D eigenvalue weighted by atomic mass is 9.95. The van der Waals surface area contributed by atoms with Crippen molar-refractivity contribution in [1.29, 1.82) is 0 Å². The standard InChI is InChI=1S/C19H23NO6/c1-18(2,3)17(23)20-13-8-7-9-14(24-6)11(13)10-12-15(21)25-19(4,5)26-16(12)22/h7-10H,1-6H3,(H,20,23). The number of carbonyl (C=O) groups is 3. The maximum atomic E-state index is 12.3. The Hall–Kier alpha value is -2.83. The highest BCUT2D eigenvalue weighted by Gasteiger charge is 2.39. The molecule has 0 aromatic heterocycles. The first-order chi connectivity index (χ1) is 11.9. The van der Waals surface area contributed by atoms with Gasteiger partial charge in [-0.2, -0.15) is 0 Å². The van der Waals surface area contributed by atoms with Crippen LogP contribution in [0, 0.1) is 5.41 Å². The second kappa shape index (κ2) is 6.82. The van der Waals surface area contributed by atoms with Crippen LogP contribution in [0.3, 0.4) is 0 Å². The normalized spacial score (nSPS) is 16.5. The third kappa shape index (κ3) is 4.22. The molecule has 1 fully saturated rings. The van der Waals surface area contributed by atoms with E-state index in [9.17, 15) is 14.4 Å². The fourth-order valence-electron chi connectivity index (χ4n) is 2.21. The average Bonchev–Trinajstić information content (AvgIpc) is 2.49. The number of benzene rings is 1.